The number of carbonyl (C=O) groups is 1. The maximum Gasteiger partial charge on any atom is 0.276 e. The summed E-state index contributed by atoms with van der Waals surface area (Å²) in [7, 11) is 0. The Labute approximate surface area is 184 Å². The quantitative estimate of drug-likeness (QED) is 0.790. The lowest BCUT2D eigenvalue weighted by Gasteiger charge is -2.22. The topological polar surface area (TPSA) is 66.3 Å². The fourth-order valence-corrected chi connectivity index (χ4v) is 3.96. The van der Waals surface area contributed by atoms with Crippen molar-refractivity contribution in [2.75, 3.05) is 39.3 Å². The van der Waals surface area contributed by atoms with E-state index in [9.17, 15) is 4.79 Å². The van der Waals surface area contributed by atoms with Crippen molar-refractivity contribution < 1.29 is 4.79 Å². The van der Waals surface area contributed by atoms with Crippen molar-refractivity contribution in [3.05, 3.63) is 47.8 Å². The molecule has 2 fully saturated rings. The molecule has 2 aromatic rings. The Hall–Kier alpha value is -1.67. The van der Waals surface area contributed by atoms with Gasteiger partial charge in [0.2, 0.25) is 0 Å². The van der Waals surface area contributed by atoms with Crippen LogP contribution < -0.4 is 5.32 Å². The van der Waals surface area contributed by atoms with Crippen LogP contribution in [0.1, 0.15) is 41.4 Å². The number of hydrogen-bond donors (Lipinski definition) is 1. The molecule has 29 heavy (non-hydrogen) atoms. The van der Waals surface area contributed by atoms with Crippen LogP contribution in [0.3, 0.4) is 0 Å². The second-order valence-corrected chi connectivity index (χ2v) is 7.47. The van der Waals surface area contributed by atoms with Crippen LogP contribution in [0, 0.1) is 0 Å². The third-order valence-corrected chi connectivity index (χ3v) is 5.54. The van der Waals surface area contributed by atoms with Crippen LogP contribution in [0.2, 0.25) is 0 Å². The molecule has 1 aromatic heterocycles. The van der Waals surface area contributed by atoms with E-state index in [0.29, 0.717) is 11.7 Å². The summed E-state index contributed by atoms with van der Waals surface area (Å²) in [4.78, 5) is 17.3. The van der Waals surface area contributed by atoms with Gasteiger partial charge in [-0.05, 0) is 37.9 Å². The first kappa shape index (κ1) is 23.6. The minimum atomic E-state index is 0. The average molecular weight is 441 g/mol. The fourth-order valence-electron chi connectivity index (χ4n) is 3.96. The van der Waals surface area contributed by atoms with Gasteiger partial charge in [0.1, 0.15) is 0 Å². The van der Waals surface area contributed by atoms with E-state index in [4.69, 9.17) is 0 Å². The molecular weight excluding hydrogens is 411 g/mol. The molecule has 2 aliphatic rings. The number of nitrogens with zero attached hydrogens (tertiary/aromatic N) is 5. The standard InChI is InChI=1S/C20H28N6O.2ClH/c27-20(19-16-26(23-22-19)18-7-9-21-10-8-18)25-12-4-11-24(13-14-25)15-17-5-2-1-3-6-17;;/h1-3,5-6,16,18,21H,4,7-15H2;2*1H. The molecule has 1 aromatic carbocycles. The van der Waals surface area contributed by atoms with Crippen LogP contribution in [0.5, 0.6) is 0 Å². The molecular formula is C20H30Cl2N6O. The summed E-state index contributed by atoms with van der Waals surface area (Å²) in [5, 5.41) is 11.8. The molecule has 0 saturated carbocycles. The lowest BCUT2D eigenvalue weighted by Crippen LogP contribution is -2.35. The summed E-state index contributed by atoms with van der Waals surface area (Å²) < 4.78 is 1.88. The Morgan fingerprint density at radius 3 is 2.55 bits per heavy atom. The number of piperidine rings is 1. The molecule has 160 valence electrons. The zero-order valence-corrected chi connectivity index (χ0v) is 18.2. The molecule has 1 N–H and O–H groups in total. The Balaban J connectivity index is 0.00000150. The van der Waals surface area contributed by atoms with Gasteiger partial charge in [0.25, 0.3) is 5.91 Å². The van der Waals surface area contributed by atoms with E-state index in [0.717, 1.165) is 65.1 Å². The van der Waals surface area contributed by atoms with Crippen molar-refractivity contribution >= 4 is 30.7 Å². The maximum absolute atomic E-state index is 12.9. The number of benzene rings is 1. The van der Waals surface area contributed by atoms with E-state index >= 15 is 0 Å². The number of aromatic nitrogens is 3. The number of halogens is 2. The van der Waals surface area contributed by atoms with Gasteiger partial charge < -0.3 is 10.2 Å². The van der Waals surface area contributed by atoms with Crippen molar-refractivity contribution in [1.29, 1.82) is 0 Å². The van der Waals surface area contributed by atoms with E-state index in [1.54, 1.807) is 0 Å². The minimum absolute atomic E-state index is 0. The van der Waals surface area contributed by atoms with Crippen molar-refractivity contribution in [1.82, 2.24) is 30.1 Å². The summed E-state index contributed by atoms with van der Waals surface area (Å²) in [5.74, 6) is 0.0109. The van der Waals surface area contributed by atoms with Gasteiger partial charge in [0.05, 0.1) is 12.2 Å². The summed E-state index contributed by atoms with van der Waals surface area (Å²) in [6.45, 7) is 6.36. The molecule has 0 unspecified atom stereocenters. The van der Waals surface area contributed by atoms with Crippen LogP contribution in [-0.2, 0) is 6.54 Å². The van der Waals surface area contributed by atoms with Gasteiger partial charge in [-0.3, -0.25) is 9.69 Å². The van der Waals surface area contributed by atoms with Gasteiger partial charge >= 0.3 is 0 Å². The summed E-state index contributed by atoms with van der Waals surface area (Å²) in [6, 6.07) is 10.9. The van der Waals surface area contributed by atoms with Crippen molar-refractivity contribution in [2.24, 2.45) is 0 Å². The molecule has 0 radical (unpaired) electrons. The molecule has 2 saturated heterocycles. The van der Waals surface area contributed by atoms with Gasteiger partial charge in [-0.2, -0.15) is 0 Å². The predicted octanol–water partition coefficient (Wildman–Crippen LogP) is 2.39. The molecule has 2 aliphatic heterocycles. The third-order valence-electron chi connectivity index (χ3n) is 5.54. The largest absolute Gasteiger partial charge is 0.336 e. The van der Waals surface area contributed by atoms with Crippen molar-refractivity contribution in [3.8, 4) is 0 Å². The van der Waals surface area contributed by atoms with E-state index in [1.165, 1.54) is 5.56 Å². The summed E-state index contributed by atoms with van der Waals surface area (Å²) in [6.07, 6.45) is 4.90. The summed E-state index contributed by atoms with van der Waals surface area (Å²) >= 11 is 0. The molecule has 0 atom stereocenters. The van der Waals surface area contributed by atoms with Crippen LogP contribution >= 0.6 is 24.8 Å². The Morgan fingerprint density at radius 1 is 1.03 bits per heavy atom. The first-order valence-electron chi connectivity index (χ1n) is 9.98. The molecule has 0 bridgehead atoms. The van der Waals surface area contributed by atoms with Gasteiger partial charge in [-0.25, -0.2) is 4.68 Å². The highest BCUT2D eigenvalue weighted by Crippen LogP contribution is 2.18. The van der Waals surface area contributed by atoms with E-state index < -0.39 is 0 Å². The Morgan fingerprint density at radius 2 is 1.79 bits per heavy atom. The number of amides is 1. The Bertz CT molecular complexity index is 750. The van der Waals surface area contributed by atoms with Crippen LogP contribution in [-0.4, -0.2) is 70.0 Å². The maximum atomic E-state index is 12.9. The first-order chi connectivity index (χ1) is 13.3. The highest BCUT2D eigenvalue weighted by atomic mass is 35.5. The highest BCUT2D eigenvalue weighted by Gasteiger charge is 2.24. The molecule has 0 spiro atoms. The SMILES string of the molecule is Cl.Cl.O=C(c1cn(C2CCNCC2)nn1)N1CCCN(Cc2ccccc2)CC1. The first-order valence-corrected chi connectivity index (χ1v) is 9.98. The molecule has 7 nitrogen and oxygen atoms in total. The minimum Gasteiger partial charge on any atom is -0.336 e. The lowest BCUT2D eigenvalue weighted by molar-refractivity contribution is 0.0755. The van der Waals surface area contributed by atoms with Crippen molar-refractivity contribution in [2.45, 2.75) is 31.8 Å². The van der Waals surface area contributed by atoms with Gasteiger partial charge in [-0.1, -0.05) is 35.5 Å². The predicted molar refractivity (Wildman–Crippen MR) is 118 cm³/mol. The number of nitrogens with one attached hydrogen (secondary N) is 1. The van der Waals surface area contributed by atoms with E-state index in [2.05, 4.69) is 44.8 Å². The van der Waals surface area contributed by atoms with Crippen LogP contribution in [0.4, 0.5) is 0 Å². The highest BCUT2D eigenvalue weighted by molar-refractivity contribution is 5.92. The third kappa shape index (κ3) is 6.15. The average Bonchev–Trinajstić information content (AvgIpc) is 3.10. The smallest absolute Gasteiger partial charge is 0.276 e. The molecule has 4 rings (SSSR count). The monoisotopic (exact) mass is 440 g/mol. The summed E-state index contributed by atoms with van der Waals surface area (Å²) in [5.41, 5.74) is 1.80. The molecule has 3 heterocycles. The van der Waals surface area contributed by atoms with Gasteiger partial charge in [0.15, 0.2) is 5.69 Å². The van der Waals surface area contributed by atoms with Gasteiger partial charge in [-0.15, -0.1) is 29.9 Å². The molecule has 9 heteroatoms. The van der Waals surface area contributed by atoms with E-state index in [-0.39, 0.29) is 30.7 Å². The normalized spacial score (nSPS) is 18.4. The molecule has 0 aliphatic carbocycles. The fraction of sp³-hybridized carbons (Fsp3) is 0.550. The number of carbonyl (C=O) groups excluding carboxylic acids is 1. The lowest BCUT2D eigenvalue weighted by atomic mass is 10.1. The molecule has 1 amide bonds. The number of hydrogen-bond acceptors (Lipinski definition) is 5. The number of rotatable bonds is 4. The van der Waals surface area contributed by atoms with Gasteiger partial charge in [0, 0.05) is 32.7 Å². The van der Waals surface area contributed by atoms with Crippen LogP contribution in [0.15, 0.2) is 36.5 Å². The van der Waals surface area contributed by atoms with E-state index in [1.807, 2.05) is 21.8 Å². The Kier molecular flexibility index (Phi) is 9.36. The zero-order valence-electron chi connectivity index (χ0n) is 16.6. The van der Waals surface area contributed by atoms with Crippen LogP contribution in [0.25, 0.3) is 0 Å². The zero-order chi connectivity index (χ0) is 18.5. The second-order valence-electron chi connectivity index (χ2n) is 7.47. The van der Waals surface area contributed by atoms with Crippen molar-refractivity contribution in [3.63, 3.8) is 0 Å². The second kappa shape index (κ2) is 11.5.